The Morgan fingerprint density at radius 3 is 1.92 bits per heavy atom. The van der Waals surface area contributed by atoms with Crippen LogP contribution < -0.4 is 0 Å². The van der Waals surface area contributed by atoms with Crippen LogP contribution >= 0.6 is 0 Å². The molecule has 1 unspecified atom stereocenters. The van der Waals surface area contributed by atoms with Crippen LogP contribution in [0.4, 0.5) is 0 Å². The summed E-state index contributed by atoms with van der Waals surface area (Å²) in [4.78, 5) is -0.00911. The molecule has 0 fully saturated rings. The monoisotopic (exact) mass is 383 g/mol. The molecule has 1 atom stereocenters. The van der Waals surface area contributed by atoms with Gasteiger partial charge in [0.05, 0.1) is 4.90 Å². The SMILES string of the molecule is CCC(N(CCc1ccccc1)S(=O)(=O)c1ccccc1)S(=O)(=O)O. The maximum Gasteiger partial charge on any atom is 0.282 e. The number of hydrogen-bond acceptors (Lipinski definition) is 4. The molecule has 0 amide bonds. The van der Waals surface area contributed by atoms with E-state index in [0.29, 0.717) is 6.42 Å². The van der Waals surface area contributed by atoms with Crippen LogP contribution in [0.25, 0.3) is 0 Å². The van der Waals surface area contributed by atoms with Crippen molar-refractivity contribution < 1.29 is 21.4 Å². The molecule has 0 saturated carbocycles. The zero-order valence-electron chi connectivity index (χ0n) is 13.8. The van der Waals surface area contributed by atoms with E-state index in [-0.39, 0.29) is 17.9 Å². The smallest absolute Gasteiger partial charge is 0.282 e. The van der Waals surface area contributed by atoms with Crippen molar-refractivity contribution in [2.45, 2.75) is 30.0 Å². The van der Waals surface area contributed by atoms with Gasteiger partial charge in [0.2, 0.25) is 10.0 Å². The second-order valence-electron chi connectivity index (χ2n) is 5.54. The van der Waals surface area contributed by atoms with Gasteiger partial charge < -0.3 is 0 Å². The summed E-state index contributed by atoms with van der Waals surface area (Å²) in [6.07, 6.45) is 0.276. The van der Waals surface area contributed by atoms with E-state index in [4.69, 9.17) is 0 Å². The molecule has 0 radical (unpaired) electrons. The molecule has 0 aromatic heterocycles. The van der Waals surface area contributed by atoms with Crippen LogP contribution in [0.15, 0.2) is 65.6 Å². The average molecular weight is 383 g/mol. The third-order valence-electron chi connectivity index (χ3n) is 3.83. The summed E-state index contributed by atoms with van der Waals surface area (Å²) in [6, 6.07) is 16.8. The molecule has 1 N–H and O–H groups in total. The predicted octanol–water partition coefficient (Wildman–Crippen LogP) is 2.54. The van der Waals surface area contributed by atoms with E-state index in [1.807, 2.05) is 30.3 Å². The van der Waals surface area contributed by atoms with Crippen LogP contribution in [-0.4, -0.2) is 37.6 Å². The van der Waals surface area contributed by atoms with Crippen LogP contribution in [0.1, 0.15) is 18.9 Å². The fraction of sp³-hybridized carbons (Fsp3) is 0.294. The Morgan fingerprint density at radius 1 is 0.920 bits per heavy atom. The van der Waals surface area contributed by atoms with Crippen molar-refractivity contribution in [1.29, 1.82) is 0 Å². The first-order chi connectivity index (χ1) is 11.8. The van der Waals surface area contributed by atoms with E-state index in [2.05, 4.69) is 0 Å². The van der Waals surface area contributed by atoms with Crippen molar-refractivity contribution >= 4 is 20.1 Å². The Kier molecular flexibility index (Phi) is 6.34. The third-order valence-corrected chi connectivity index (χ3v) is 7.16. The van der Waals surface area contributed by atoms with Gasteiger partial charge >= 0.3 is 0 Å². The Hall–Kier alpha value is -1.74. The van der Waals surface area contributed by atoms with Gasteiger partial charge in [-0.05, 0) is 30.5 Å². The van der Waals surface area contributed by atoms with Crippen molar-refractivity contribution in [2.75, 3.05) is 6.54 Å². The van der Waals surface area contributed by atoms with Crippen molar-refractivity contribution in [1.82, 2.24) is 4.31 Å². The van der Waals surface area contributed by atoms with Crippen LogP contribution in [0, 0.1) is 0 Å². The van der Waals surface area contributed by atoms with Crippen LogP contribution in [0.3, 0.4) is 0 Å². The maximum atomic E-state index is 13.0. The van der Waals surface area contributed by atoms with Crippen molar-refractivity contribution in [3.63, 3.8) is 0 Å². The van der Waals surface area contributed by atoms with Gasteiger partial charge in [-0.15, -0.1) is 0 Å². The fourth-order valence-electron chi connectivity index (χ4n) is 2.59. The van der Waals surface area contributed by atoms with Gasteiger partial charge in [0, 0.05) is 6.54 Å². The quantitative estimate of drug-likeness (QED) is 0.707. The number of sulfonamides is 1. The standard InChI is InChI=1S/C17H21NO5S2/c1-2-17(25(21,22)23)18(14-13-15-9-5-3-6-10-15)24(19,20)16-11-7-4-8-12-16/h3-12,17H,2,13-14H2,1H3,(H,21,22,23). The molecule has 2 rings (SSSR count). The largest absolute Gasteiger partial charge is 0.284 e. The third kappa shape index (κ3) is 4.88. The fourth-order valence-corrected chi connectivity index (χ4v) is 5.65. The normalized spacial score (nSPS) is 13.7. The zero-order chi connectivity index (χ0) is 18.5. The minimum atomic E-state index is -4.56. The lowest BCUT2D eigenvalue weighted by atomic mass is 10.1. The maximum absolute atomic E-state index is 13.0. The number of benzene rings is 2. The summed E-state index contributed by atoms with van der Waals surface area (Å²) in [5.74, 6) is 0. The van der Waals surface area contributed by atoms with E-state index in [1.165, 1.54) is 19.1 Å². The Labute approximate surface area is 148 Å². The molecule has 0 heterocycles. The number of nitrogens with zero attached hydrogens (tertiary/aromatic N) is 1. The number of rotatable bonds is 8. The highest BCUT2D eigenvalue weighted by Gasteiger charge is 2.37. The topological polar surface area (TPSA) is 91.8 Å². The Balaban J connectivity index is 2.41. The van der Waals surface area contributed by atoms with E-state index in [0.717, 1.165) is 9.87 Å². The molecule has 0 spiro atoms. The second kappa shape index (κ2) is 8.09. The number of hydrogen-bond donors (Lipinski definition) is 1. The molecule has 2 aromatic rings. The van der Waals surface area contributed by atoms with E-state index >= 15 is 0 Å². The van der Waals surface area contributed by atoms with E-state index in [1.54, 1.807) is 18.2 Å². The van der Waals surface area contributed by atoms with Gasteiger partial charge in [-0.25, -0.2) is 8.42 Å². The van der Waals surface area contributed by atoms with Gasteiger partial charge in [-0.1, -0.05) is 55.5 Å². The predicted molar refractivity (Wildman–Crippen MR) is 96.1 cm³/mol. The Morgan fingerprint density at radius 2 is 1.44 bits per heavy atom. The highest BCUT2D eigenvalue weighted by atomic mass is 32.2. The molecule has 0 aliphatic rings. The van der Waals surface area contributed by atoms with Gasteiger partial charge in [0.15, 0.2) is 5.37 Å². The average Bonchev–Trinajstić information content (AvgIpc) is 2.59. The first-order valence-electron chi connectivity index (χ1n) is 7.84. The summed E-state index contributed by atoms with van der Waals surface area (Å²) in [7, 11) is -8.63. The summed E-state index contributed by atoms with van der Waals surface area (Å²) < 4.78 is 59.8. The molecule has 6 nitrogen and oxygen atoms in total. The van der Waals surface area contributed by atoms with Crippen LogP contribution in [-0.2, 0) is 26.6 Å². The van der Waals surface area contributed by atoms with Gasteiger partial charge in [0.1, 0.15) is 0 Å². The first-order valence-corrected chi connectivity index (χ1v) is 10.8. The summed E-state index contributed by atoms with van der Waals surface area (Å²) >= 11 is 0. The lowest BCUT2D eigenvalue weighted by molar-refractivity contribution is 0.347. The molecule has 0 saturated heterocycles. The minimum absolute atomic E-state index is 0.00911. The van der Waals surface area contributed by atoms with E-state index in [9.17, 15) is 21.4 Å². The molecule has 0 aliphatic heterocycles. The molecule has 136 valence electrons. The lowest BCUT2D eigenvalue weighted by Gasteiger charge is -2.28. The van der Waals surface area contributed by atoms with Crippen molar-refractivity contribution in [3.8, 4) is 0 Å². The highest BCUT2D eigenvalue weighted by Crippen LogP contribution is 2.23. The van der Waals surface area contributed by atoms with Crippen LogP contribution in [0.5, 0.6) is 0 Å². The Bertz CT molecular complexity index is 881. The minimum Gasteiger partial charge on any atom is -0.284 e. The van der Waals surface area contributed by atoms with Crippen LogP contribution in [0.2, 0.25) is 0 Å². The first kappa shape index (κ1) is 19.6. The summed E-state index contributed by atoms with van der Waals surface area (Å²) in [5, 5.41) is -1.53. The van der Waals surface area contributed by atoms with Gasteiger partial charge in [-0.3, -0.25) is 4.55 Å². The zero-order valence-corrected chi connectivity index (χ0v) is 15.4. The molecule has 2 aromatic carbocycles. The van der Waals surface area contributed by atoms with Crippen molar-refractivity contribution in [2.24, 2.45) is 0 Å². The van der Waals surface area contributed by atoms with Gasteiger partial charge in [0.25, 0.3) is 10.1 Å². The molecular formula is C17H21NO5S2. The molecule has 25 heavy (non-hydrogen) atoms. The summed E-state index contributed by atoms with van der Waals surface area (Å²) in [6.45, 7) is 1.47. The molecule has 0 aliphatic carbocycles. The molecule has 8 heteroatoms. The molecule has 0 bridgehead atoms. The highest BCUT2D eigenvalue weighted by molar-refractivity contribution is 7.91. The second-order valence-corrected chi connectivity index (χ2v) is 9.01. The van der Waals surface area contributed by atoms with Gasteiger partial charge in [-0.2, -0.15) is 12.7 Å². The summed E-state index contributed by atoms with van der Waals surface area (Å²) in [5.41, 5.74) is 0.876. The van der Waals surface area contributed by atoms with E-state index < -0.39 is 25.5 Å². The lowest BCUT2D eigenvalue weighted by Crippen LogP contribution is -2.45. The van der Waals surface area contributed by atoms with Crippen molar-refractivity contribution in [3.05, 3.63) is 66.2 Å². The molecular weight excluding hydrogens is 362 g/mol.